The van der Waals surface area contributed by atoms with Crippen molar-refractivity contribution < 1.29 is 9.47 Å². The highest BCUT2D eigenvalue weighted by molar-refractivity contribution is 5.27. The molecule has 1 unspecified atom stereocenters. The molecule has 0 heterocycles. The summed E-state index contributed by atoms with van der Waals surface area (Å²) in [5.74, 6) is 0.968. The van der Waals surface area contributed by atoms with Crippen molar-refractivity contribution >= 4 is 0 Å². The number of rotatable bonds is 8. The maximum Gasteiger partial charge on any atom is 0.119 e. The highest BCUT2D eigenvalue weighted by Crippen LogP contribution is 2.20. The van der Waals surface area contributed by atoms with Crippen molar-refractivity contribution in [2.24, 2.45) is 0 Å². The van der Waals surface area contributed by atoms with Crippen molar-refractivity contribution in [3.8, 4) is 5.75 Å². The lowest BCUT2D eigenvalue weighted by Crippen LogP contribution is -2.23. The van der Waals surface area contributed by atoms with E-state index in [0.29, 0.717) is 0 Å². The fourth-order valence-electron chi connectivity index (χ4n) is 2.01. The first-order valence-electron chi connectivity index (χ1n) is 7.27. The predicted octanol–water partition coefficient (Wildman–Crippen LogP) is 4.61. The molecule has 1 rings (SSSR count). The summed E-state index contributed by atoms with van der Waals surface area (Å²) in [5, 5.41) is 0. The molecule has 0 radical (unpaired) electrons. The summed E-state index contributed by atoms with van der Waals surface area (Å²) >= 11 is 0. The van der Waals surface area contributed by atoms with Crippen LogP contribution in [0.2, 0.25) is 0 Å². The monoisotopic (exact) mass is 264 g/mol. The zero-order valence-corrected chi connectivity index (χ0v) is 13.0. The number of hydrogen-bond donors (Lipinski definition) is 0. The molecule has 19 heavy (non-hydrogen) atoms. The second kappa shape index (κ2) is 7.54. The van der Waals surface area contributed by atoms with Gasteiger partial charge in [-0.25, -0.2) is 0 Å². The maximum absolute atomic E-state index is 5.92. The summed E-state index contributed by atoms with van der Waals surface area (Å²) in [6.45, 7) is 8.55. The van der Waals surface area contributed by atoms with Crippen molar-refractivity contribution in [1.29, 1.82) is 0 Å². The van der Waals surface area contributed by atoms with Crippen molar-refractivity contribution in [2.45, 2.75) is 65.1 Å². The van der Waals surface area contributed by atoms with Crippen LogP contribution in [0.4, 0.5) is 0 Å². The summed E-state index contributed by atoms with van der Waals surface area (Å²) in [7, 11) is 1.77. The summed E-state index contributed by atoms with van der Waals surface area (Å²) in [6.07, 6.45) is 4.56. The average Bonchev–Trinajstić information content (AvgIpc) is 2.39. The molecule has 1 atom stereocenters. The van der Waals surface area contributed by atoms with E-state index < -0.39 is 0 Å². The summed E-state index contributed by atoms with van der Waals surface area (Å²) in [5.41, 5.74) is 1.32. The van der Waals surface area contributed by atoms with Gasteiger partial charge in [-0.3, -0.25) is 0 Å². The average molecular weight is 264 g/mol. The summed E-state index contributed by atoms with van der Waals surface area (Å²) in [4.78, 5) is 0. The molecule has 108 valence electrons. The van der Waals surface area contributed by atoms with Gasteiger partial charge in [-0.1, -0.05) is 19.1 Å². The third-order valence-electron chi connectivity index (χ3n) is 3.61. The molecule has 0 saturated heterocycles. The molecule has 0 amide bonds. The lowest BCUT2D eigenvalue weighted by Gasteiger charge is -2.23. The van der Waals surface area contributed by atoms with E-state index in [2.05, 4.69) is 52.0 Å². The zero-order valence-electron chi connectivity index (χ0n) is 13.0. The number of hydrogen-bond acceptors (Lipinski definition) is 2. The van der Waals surface area contributed by atoms with E-state index in [4.69, 9.17) is 9.47 Å². The number of ether oxygens (including phenoxy) is 2. The minimum atomic E-state index is -0.0253. The van der Waals surface area contributed by atoms with E-state index >= 15 is 0 Å². The van der Waals surface area contributed by atoms with Crippen LogP contribution in [0.5, 0.6) is 5.75 Å². The first kappa shape index (κ1) is 16.0. The molecule has 2 nitrogen and oxygen atoms in total. The van der Waals surface area contributed by atoms with Gasteiger partial charge in [0.1, 0.15) is 5.75 Å². The number of aryl methyl sites for hydroxylation is 1. The smallest absolute Gasteiger partial charge is 0.119 e. The first-order valence-corrected chi connectivity index (χ1v) is 7.27. The Morgan fingerprint density at radius 2 is 1.79 bits per heavy atom. The highest BCUT2D eigenvalue weighted by atomic mass is 16.5. The van der Waals surface area contributed by atoms with Gasteiger partial charge < -0.3 is 9.47 Å². The van der Waals surface area contributed by atoms with Crippen LogP contribution in [0.25, 0.3) is 0 Å². The Labute approximate surface area is 118 Å². The van der Waals surface area contributed by atoms with Crippen LogP contribution in [0.1, 0.15) is 52.5 Å². The third-order valence-corrected chi connectivity index (χ3v) is 3.61. The highest BCUT2D eigenvalue weighted by Gasteiger charge is 2.16. The second-order valence-corrected chi connectivity index (χ2v) is 5.78. The number of benzene rings is 1. The van der Waals surface area contributed by atoms with Gasteiger partial charge >= 0.3 is 0 Å². The SMILES string of the molecule is CCc1ccc(OC(C)CCCC(C)(C)OC)cc1. The lowest BCUT2D eigenvalue weighted by molar-refractivity contribution is 0.0116. The van der Waals surface area contributed by atoms with Gasteiger partial charge in [0.05, 0.1) is 11.7 Å². The molecule has 2 heteroatoms. The minimum absolute atomic E-state index is 0.0253. The molecule has 0 aliphatic carbocycles. The van der Waals surface area contributed by atoms with E-state index in [1.54, 1.807) is 7.11 Å². The van der Waals surface area contributed by atoms with Crippen LogP contribution < -0.4 is 4.74 Å². The van der Waals surface area contributed by atoms with Gasteiger partial charge in [0.25, 0.3) is 0 Å². The molecular formula is C17H28O2. The van der Waals surface area contributed by atoms with E-state index in [9.17, 15) is 0 Å². The van der Waals surface area contributed by atoms with E-state index in [1.807, 2.05) is 0 Å². The standard InChI is InChI=1S/C17H28O2/c1-6-15-9-11-16(12-10-15)19-14(2)8-7-13-17(3,4)18-5/h9-12,14H,6-8,13H2,1-5H3. The summed E-state index contributed by atoms with van der Waals surface area (Å²) < 4.78 is 11.3. The second-order valence-electron chi connectivity index (χ2n) is 5.78. The molecule has 1 aromatic rings. The van der Waals surface area contributed by atoms with Crippen molar-refractivity contribution in [1.82, 2.24) is 0 Å². The Kier molecular flexibility index (Phi) is 6.36. The van der Waals surface area contributed by atoms with Crippen molar-refractivity contribution in [3.63, 3.8) is 0 Å². The molecule has 0 aliphatic rings. The van der Waals surface area contributed by atoms with Gasteiger partial charge in [-0.15, -0.1) is 0 Å². The Balaban J connectivity index is 2.32. The van der Waals surface area contributed by atoms with Crippen molar-refractivity contribution in [2.75, 3.05) is 7.11 Å². The fourth-order valence-corrected chi connectivity index (χ4v) is 2.01. The van der Waals surface area contributed by atoms with Crippen LogP contribution in [-0.2, 0) is 11.2 Å². The first-order chi connectivity index (χ1) is 8.96. The molecular weight excluding hydrogens is 236 g/mol. The zero-order chi connectivity index (χ0) is 14.3. The lowest BCUT2D eigenvalue weighted by atomic mass is 10.00. The largest absolute Gasteiger partial charge is 0.491 e. The Hall–Kier alpha value is -1.02. The van der Waals surface area contributed by atoms with Gasteiger partial charge in [-0.05, 0) is 64.2 Å². The normalized spacial score (nSPS) is 13.3. The molecule has 0 spiro atoms. The molecule has 0 fully saturated rings. The molecule has 0 bridgehead atoms. The van der Waals surface area contributed by atoms with Gasteiger partial charge in [-0.2, -0.15) is 0 Å². The molecule has 0 N–H and O–H groups in total. The molecule has 1 aromatic carbocycles. The van der Waals surface area contributed by atoms with Gasteiger partial charge in [0.15, 0.2) is 0 Å². The van der Waals surface area contributed by atoms with Crippen LogP contribution in [0, 0.1) is 0 Å². The van der Waals surface area contributed by atoms with Gasteiger partial charge in [0, 0.05) is 7.11 Å². The fraction of sp³-hybridized carbons (Fsp3) is 0.647. The van der Waals surface area contributed by atoms with Gasteiger partial charge in [0.2, 0.25) is 0 Å². The Morgan fingerprint density at radius 1 is 1.16 bits per heavy atom. The molecule has 0 aromatic heterocycles. The maximum atomic E-state index is 5.92. The molecule has 0 saturated carbocycles. The topological polar surface area (TPSA) is 18.5 Å². The van der Waals surface area contributed by atoms with E-state index in [0.717, 1.165) is 31.4 Å². The predicted molar refractivity (Wildman–Crippen MR) is 80.8 cm³/mol. The Morgan fingerprint density at radius 3 is 2.32 bits per heavy atom. The summed E-state index contributed by atoms with van der Waals surface area (Å²) in [6, 6.07) is 8.40. The quantitative estimate of drug-likeness (QED) is 0.682. The van der Waals surface area contributed by atoms with Crippen LogP contribution in [0.15, 0.2) is 24.3 Å². The van der Waals surface area contributed by atoms with E-state index in [1.165, 1.54) is 5.56 Å². The van der Waals surface area contributed by atoms with Crippen LogP contribution in [0.3, 0.4) is 0 Å². The molecule has 0 aliphatic heterocycles. The Bertz CT molecular complexity index is 354. The van der Waals surface area contributed by atoms with Crippen molar-refractivity contribution in [3.05, 3.63) is 29.8 Å². The van der Waals surface area contributed by atoms with E-state index in [-0.39, 0.29) is 11.7 Å². The number of methoxy groups -OCH3 is 1. The third kappa shape index (κ3) is 6.11. The van der Waals surface area contributed by atoms with Crippen LogP contribution in [-0.4, -0.2) is 18.8 Å². The minimum Gasteiger partial charge on any atom is -0.491 e. The van der Waals surface area contributed by atoms with Crippen LogP contribution >= 0.6 is 0 Å².